The maximum Gasteiger partial charge on any atom is 0.306 e. The molecule has 0 aromatic heterocycles. The molecule has 0 saturated heterocycles. The SMILES string of the molecule is Cc1ccccc1C(C)(O)CC(=O)O. The van der Waals surface area contributed by atoms with Crippen molar-refractivity contribution in [3.05, 3.63) is 35.4 Å². The molecule has 0 aliphatic heterocycles. The molecule has 0 aliphatic rings. The average Bonchev–Trinajstić information content (AvgIpc) is 2.02. The lowest BCUT2D eigenvalue weighted by molar-refractivity contribution is -0.142. The molecular formula is C11H14O3. The van der Waals surface area contributed by atoms with Gasteiger partial charge in [0, 0.05) is 0 Å². The molecule has 0 heterocycles. The van der Waals surface area contributed by atoms with E-state index < -0.39 is 11.6 Å². The zero-order valence-electron chi connectivity index (χ0n) is 8.32. The van der Waals surface area contributed by atoms with Crippen LogP contribution in [0.25, 0.3) is 0 Å². The third-order valence-corrected chi connectivity index (χ3v) is 2.22. The van der Waals surface area contributed by atoms with Crippen molar-refractivity contribution in [3.8, 4) is 0 Å². The number of carboxylic acid groups (broad SMARTS) is 1. The quantitative estimate of drug-likeness (QED) is 0.769. The summed E-state index contributed by atoms with van der Waals surface area (Å²) in [5.41, 5.74) is 0.276. The molecule has 0 amide bonds. The Morgan fingerprint density at radius 1 is 1.43 bits per heavy atom. The number of carbonyl (C=O) groups is 1. The van der Waals surface area contributed by atoms with E-state index in [2.05, 4.69) is 0 Å². The van der Waals surface area contributed by atoms with Crippen molar-refractivity contribution in [1.82, 2.24) is 0 Å². The van der Waals surface area contributed by atoms with Crippen LogP contribution in [0, 0.1) is 6.92 Å². The fraction of sp³-hybridized carbons (Fsp3) is 0.364. The number of aryl methyl sites for hydroxylation is 1. The van der Waals surface area contributed by atoms with Crippen molar-refractivity contribution in [1.29, 1.82) is 0 Å². The highest BCUT2D eigenvalue weighted by atomic mass is 16.4. The number of aliphatic hydroxyl groups is 1. The normalized spacial score (nSPS) is 14.8. The first-order valence-electron chi connectivity index (χ1n) is 4.44. The zero-order valence-corrected chi connectivity index (χ0v) is 8.32. The minimum Gasteiger partial charge on any atom is -0.481 e. The van der Waals surface area contributed by atoms with Crippen LogP contribution in [0.1, 0.15) is 24.5 Å². The van der Waals surface area contributed by atoms with Gasteiger partial charge >= 0.3 is 5.97 Å². The smallest absolute Gasteiger partial charge is 0.306 e. The third kappa shape index (κ3) is 2.33. The Morgan fingerprint density at radius 2 is 2.00 bits per heavy atom. The Kier molecular flexibility index (Phi) is 2.91. The first kappa shape index (κ1) is 10.7. The molecule has 0 spiro atoms. The van der Waals surface area contributed by atoms with Crippen LogP contribution in [-0.4, -0.2) is 16.2 Å². The molecule has 2 N–H and O–H groups in total. The second-order valence-corrected chi connectivity index (χ2v) is 3.66. The zero-order chi connectivity index (χ0) is 10.8. The van der Waals surface area contributed by atoms with Crippen LogP contribution in [0.5, 0.6) is 0 Å². The van der Waals surface area contributed by atoms with E-state index in [4.69, 9.17) is 5.11 Å². The number of hydrogen-bond donors (Lipinski definition) is 2. The molecule has 76 valence electrons. The van der Waals surface area contributed by atoms with Gasteiger partial charge in [0.1, 0.15) is 0 Å². The van der Waals surface area contributed by atoms with Crippen molar-refractivity contribution in [2.24, 2.45) is 0 Å². The summed E-state index contributed by atoms with van der Waals surface area (Å²) >= 11 is 0. The van der Waals surface area contributed by atoms with Gasteiger partial charge in [-0.3, -0.25) is 4.79 Å². The number of rotatable bonds is 3. The summed E-state index contributed by atoms with van der Waals surface area (Å²) in [6, 6.07) is 7.25. The number of benzene rings is 1. The molecule has 1 atom stereocenters. The lowest BCUT2D eigenvalue weighted by Crippen LogP contribution is -2.25. The van der Waals surface area contributed by atoms with E-state index in [1.165, 1.54) is 6.92 Å². The molecule has 0 bridgehead atoms. The summed E-state index contributed by atoms with van der Waals surface area (Å²) < 4.78 is 0. The Morgan fingerprint density at radius 3 is 2.50 bits per heavy atom. The maximum atomic E-state index is 10.5. The molecule has 1 aromatic carbocycles. The second-order valence-electron chi connectivity index (χ2n) is 3.66. The highest BCUT2D eigenvalue weighted by Crippen LogP contribution is 2.26. The molecule has 1 aromatic rings. The molecule has 0 aliphatic carbocycles. The standard InChI is InChI=1S/C11H14O3/c1-8-5-3-4-6-9(8)11(2,14)7-10(12)13/h3-6,14H,7H2,1-2H3,(H,12,13). The van der Waals surface area contributed by atoms with E-state index >= 15 is 0 Å². The monoisotopic (exact) mass is 194 g/mol. The van der Waals surface area contributed by atoms with Gasteiger partial charge < -0.3 is 10.2 Å². The first-order chi connectivity index (χ1) is 6.43. The van der Waals surface area contributed by atoms with Crippen LogP contribution in [0.4, 0.5) is 0 Å². The van der Waals surface area contributed by atoms with Gasteiger partial charge in [-0.25, -0.2) is 0 Å². The van der Waals surface area contributed by atoms with Gasteiger partial charge in [0.15, 0.2) is 0 Å². The Bertz CT molecular complexity index is 342. The lowest BCUT2D eigenvalue weighted by Gasteiger charge is -2.23. The number of hydrogen-bond acceptors (Lipinski definition) is 2. The van der Waals surface area contributed by atoms with Crippen molar-refractivity contribution in [3.63, 3.8) is 0 Å². The molecule has 1 unspecified atom stereocenters. The fourth-order valence-electron chi connectivity index (χ4n) is 1.57. The van der Waals surface area contributed by atoms with E-state index in [0.717, 1.165) is 5.56 Å². The third-order valence-electron chi connectivity index (χ3n) is 2.22. The van der Waals surface area contributed by atoms with Gasteiger partial charge in [-0.2, -0.15) is 0 Å². The topological polar surface area (TPSA) is 57.5 Å². The largest absolute Gasteiger partial charge is 0.481 e. The Labute approximate surface area is 83.0 Å². The van der Waals surface area contributed by atoms with Gasteiger partial charge in [-0.1, -0.05) is 24.3 Å². The van der Waals surface area contributed by atoms with Crippen LogP contribution >= 0.6 is 0 Å². The van der Waals surface area contributed by atoms with Gasteiger partial charge in [0.05, 0.1) is 12.0 Å². The molecule has 1 rings (SSSR count). The summed E-state index contributed by atoms with van der Waals surface area (Å²) in [4.78, 5) is 10.5. The van der Waals surface area contributed by atoms with Crippen molar-refractivity contribution >= 4 is 5.97 Å². The molecule has 3 heteroatoms. The molecule has 0 fully saturated rings. The second kappa shape index (κ2) is 3.80. The van der Waals surface area contributed by atoms with Crippen LogP contribution in [0.15, 0.2) is 24.3 Å². The van der Waals surface area contributed by atoms with Crippen LogP contribution in [0.3, 0.4) is 0 Å². The van der Waals surface area contributed by atoms with Crippen LogP contribution < -0.4 is 0 Å². The minimum atomic E-state index is -1.29. The van der Waals surface area contributed by atoms with Gasteiger partial charge in [0.2, 0.25) is 0 Å². The van der Waals surface area contributed by atoms with Crippen LogP contribution in [-0.2, 0) is 10.4 Å². The lowest BCUT2D eigenvalue weighted by atomic mass is 9.89. The van der Waals surface area contributed by atoms with Crippen molar-refractivity contribution in [2.75, 3.05) is 0 Å². The van der Waals surface area contributed by atoms with E-state index in [-0.39, 0.29) is 6.42 Å². The molecule has 0 radical (unpaired) electrons. The summed E-state index contributed by atoms with van der Waals surface area (Å²) in [5, 5.41) is 18.6. The summed E-state index contributed by atoms with van der Waals surface area (Å²) in [6.45, 7) is 3.37. The predicted molar refractivity (Wildman–Crippen MR) is 53.0 cm³/mol. The summed E-state index contributed by atoms with van der Waals surface area (Å²) in [6.07, 6.45) is -0.280. The minimum absolute atomic E-state index is 0.280. The first-order valence-corrected chi connectivity index (χ1v) is 4.44. The number of carboxylic acids is 1. The van der Waals surface area contributed by atoms with Crippen molar-refractivity contribution < 1.29 is 15.0 Å². The summed E-state index contributed by atoms with van der Waals surface area (Å²) in [7, 11) is 0. The van der Waals surface area contributed by atoms with Gasteiger partial charge in [-0.05, 0) is 25.0 Å². The number of aliphatic carboxylic acids is 1. The highest BCUT2D eigenvalue weighted by molar-refractivity contribution is 5.68. The van der Waals surface area contributed by atoms with Crippen LogP contribution in [0.2, 0.25) is 0 Å². The average molecular weight is 194 g/mol. The maximum absolute atomic E-state index is 10.5. The molecular weight excluding hydrogens is 180 g/mol. The van der Waals surface area contributed by atoms with E-state index in [9.17, 15) is 9.90 Å². The predicted octanol–water partition coefficient (Wildman–Crippen LogP) is 1.68. The van der Waals surface area contributed by atoms with Crippen molar-refractivity contribution in [2.45, 2.75) is 25.9 Å². The van der Waals surface area contributed by atoms with E-state index in [1.54, 1.807) is 12.1 Å². The molecule has 14 heavy (non-hydrogen) atoms. The molecule has 3 nitrogen and oxygen atoms in total. The highest BCUT2D eigenvalue weighted by Gasteiger charge is 2.27. The Hall–Kier alpha value is -1.35. The van der Waals surface area contributed by atoms with Gasteiger partial charge in [-0.15, -0.1) is 0 Å². The van der Waals surface area contributed by atoms with Gasteiger partial charge in [0.25, 0.3) is 0 Å². The Balaban J connectivity index is 3.03. The van der Waals surface area contributed by atoms with E-state index in [0.29, 0.717) is 5.56 Å². The van der Waals surface area contributed by atoms with E-state index in [1.807, 2.05) is 19.1 Å². The fourth-order valence-corrected chi connectivity index (χ4v) is 1.57. The molecule has 0 saturated carbocycles. The summed E-state index contributed by atoms with van der Waals surface area (Å²) in [5.74, 6) is -1.00.